The lowest BCUT2D eigenvalue weighted by atomic mass is 10.4. The summed E-state index contributed by atoms with van der Waals surface area (Å²) in [4.78, 5) is 22.0. The molecule has 17 heavy (non-hydrogen) atoms. The van der Waals surface area contributed by atoms with Crippen molar-refractivity contribution in [1.82, 2.24) is 30.4 Å². The van der Waals surface area contributed by atoms with Crippen molar-refractivity contribution in [1.29, 1.82) is 0 Å². The third kappa shape index (κ3) is 2.62. The van der Waals surface area contributed by atoms with E-state index in [-0.39, 0.29) is 18.1 Å². The second-order valence-corrected chi connectivity index (χ2v) is 3.03. The number of H-pyrrole nitrogens is 1. The fourth-order valence-electron chi connectivity index (χ4n) is 1.08. The van der Waals surface area contributed by atoms with Crippen molar-refractivity contribution in [2.75, 3.05) is 5.32 Å². The van der Waals surface area contributed by atoms with Crippen LogP contribution in [0.25, 0.3) is 0 Å². The van der Waals surface area contributed by atoms with Crippen molar-refractivity contribution in [3.05, 3.63) is 18.1 Å². The Labute approximate surface area is 93.6 Å². The maximum atomic E-state index is 11.4. The van der Waals surface area contributed by atoms with Gasteiger partial charge in [0, 0.05) is 6.07 Å². The minimum atomic E-state index is -1.15. The molecule has 1 amide bonds. The summed E-state index contributed by atoms with van der Waals surface area (Å²) in [5.74, 6) is -1.44. The number of nitrogens with one attached hydrogen (secondary N) is 2. The van der Waals surface area contributed by atoms with Crippen molar-refractivity contribution >= 4 is 17.7 Å². The van der Waals surface area contributed by atoms with Crippen LogP contribution in [0.1, 0.15) is 10.5 Å². The number of carbonyl (C=O) groups excluding carboxylic acids is 1. The maximum absolute atomic E-state index is 11.4. The summed E-state index contributed by atoms with van der Waals surface area (Å²) >= 11 is 0. The fraction of sp³-hybridized carbons (Fsp3) is 0.143. The molecular formula is C7H7N7O3. The highest BCUT2D eigenvalue weighted by Gasteiger charge is 2.10. The second-order valence-electron chi connectivity index (χ2n) is 3.03. The van der Waals surface area contributed by atoms with E-state index in [1.54, 1.807) is 0 Å². The van der Waals surface area contributed by atoms with Crippen molar-refractivity contribution in [2.24, 2.45) is 0 Å². The maximum Gasteiger partial charge on any atom is 0.353 e. The standard InChI is InChI=1S/C7H7N7O3/c15-6(2-14-3-8-12-13-14)9-5-1-4(7(16)17)10-11-5/h1,3H,2H2,(H,16,17)(H2,9,10,11,15). The quantitative estimate of drug-likeness (QED) is 0.602. The molecule has 0 aliphatic carbocycles. The summed E-state index contributed by atoms with van der Waals surface area (Å²) in [6.07, 6.45) is 1.28. The molecule has 0 radical (unpaired) electrons. The van der Waals surface area contributed by atoms with Gasteiger partial charge in [-0.1, -0.05) is 0 Å². The van der Waals surface area contributed by atoms with E-state index >= 15 is 0 Å². The van der Waals surface area contributed by atoms with Crippen molar-refractivity contribution in [3.63, 3.8) is 0 Å². The highest BCUT2D eigenvalue weighted by molar-refractivity contribution is 5.91. The van der Waals surface area contributed by atoms with Gasteiger partial charge in [0.15, 0.2) is 5.82 Å². The summed E-state index contributed by atoms with van der Waals surface area (Å²) < 4.78 is 1.22. The average Bonchev–Trinajstić information content (AvgIpc) is 2.88. The van der Waals surface area contributed by atoms with Gasteiger partial charge in [-0.3, -0.25) is 9.89 Å². The minimum Gasteiger partial charge on any atom is -0.477 e. The number of carbonyl (C=O) groups is 2. The van der Waals surface area contributed by atoms with Crippen LogP contribution in [0, 0.1) is 0 Å². The molecule has 88 valence electrons. The molecule has 0 spiro atoms. The number of amides is 1. The average molecular weight is 237 g/mol. The number of rotatable bonds is 4. The van der Waals surface area contributed by atoms with Crippen LogP contribution in [0.5, 0.6) is 0 Å². The van der Waals surface area contributed by atoms with Gasteiger partial charge in [-0.15, -0.1) is 5.10 Å². The zero-order valence-corrected chi connectivity index (χ0v) is 8.36. The monoisotopic (exact) mass is 237 g/mol. The van der Waals surface area contributed by atoms with E-state index in [0.717, 1.165) is 0 Å². The Morgan fingerprint density at radius 1 is 1.53 bits per heavy atom. The first-order valence-electron chi connectivity index (χ1n) is 4.44. The Hall–Kier alpha value is -2.78. The third-order valence-corrected chi connectivity index (χ3v) is 1.77. The van der Waals surface area contributed by atoms with Crippen LogP contribution >= 0.6 is 0 Å². The number of hydrogen-bond donors (Lipinski definition) is 3. The van der Waals surface area contributed by atoms with E-state index in [0.29, 0.717) is 0 Å². The number of aromatic nitrogens is 6. The first kappa shape index (κ1) is 10.7. The van der Waals surface area contributed by atoms with Gasteiger partial charge in [-0.2, -0.15) is 5.10 Å². The van der Waals surface area contributed by atoms with Crippen LogP contribution in [-0.2, 0) is 11.3 Å². The number of aromatic amines is 1. The number of carboxylic acid groups (broad SMARTS) is 1. The van der Waals surface area contributed by atoms with E-state index in [9.17, 15) is 9.59 Å². The van der Waals surface area contributed by atoms with Crippen LogP contribution < -0.4 is 5.32 Å². The van der Waals surface area contributed by atoms with Gasteiger partial charge in [-0.05, 0) is 10.4 Å². The first-order chi connectivity index (χ1) is 8.15. The number of nitrogens with zero attached hydrogens (tertiary/aromatic N) is 5. The van der Waals surface area contributed by atoms with Crippen molar-refractivity contribution < 1.29 is 14.7 Å². The molecule has 2 rings (SSSR count). The predicted octanol–water partition coefficient (Wildman–Crippen LogP) is -1.27. The predicted molar refractivity (Wildman–Crippen MR) is 52.0 cm³/mol. The largest absolute Gasteiger partial charge is 0.477 e. The number of aromatic carboxylic acids is 1. The molecule has 10 nitrogen and oxygen atoms in total. The lowest BCUT2D eigenvalue weighted by Gasteiger charge is -1.99. The SMILES string of the molecule is O=C(Cn1cnnn1)Nc1cc(C(=O)O)[nH]n1. The molecule has 2 heterocycles. The number of carboxylic acids is 1. The van der Waals surface area contributed by atoms with Gasteiger partial charge < -0.3 is 10.4 Å². The Morgan fingerprint density at radius 2 is 2.35 bits per heavy atom. The fourth-order valence-corrected chi connectivity index (χ4v) is 1.08. The van der Waals surface area contributed by atoms with Gasteiger partial charge in [0.25, 0.3) is 0 Å². The zero-order valence-electron chi connectivity index (χ0n) is 8.36. The molecule has 0 atom stereocenters. The van der Waals surface area contributed by atoms with Crippen molar-refractivity contribution in [3.8, 4) is 0 Å². The normalized spacial score (nSPS) is 10.1. The van der Waals surface area contributed by atoms with Gasteiger partial charge in [0.05, 0.1) is 0 Å². The number of anilines is 1. The second kappa shape index (κ2) is 4.38. The van der Waals surface area contributed by atoms with E-state index in [4.69, 9.17) is 5.11 Å². The molecule has 10 heteroatoms. The van der Waals surface area contributed by atoms with Gasteiger partial charge in [0.1, 0.15) is 18.6 Å². The zero-order chi connectivity index (χ0) is 12.3. The summed E-state index contributed by atoms with van der Waals surface area (Å²) in [6, 6.07) is 1.21. The summed E-state index contributed by atoms with van der Waals surface area (Å²) in [5.41, 5.74) is -0.109. The molecule has 0 aromatic carbocycles. The van der Waals surface area contributed by atoms with Crippen molar-refractivity contribution in [2.45, 2.75) is 6.54 Å². The topological polar surface area (TPSA) is 139 Å². The van der Waals surface area contributed by atoms with Crippen LogP contribution in [0.2, 0.25) is 0 Å². The molecule has 0 saturated heterocycles. The van der Waals surface area contributed by atoms with Crippen LogP contribution in [0.15, 0.2) is 12.4 Å². The smallest absolute Gasteiger partial charge is 0.353 e. The summed E-state index contributed by atoms with van der Waals surface area (Å²) in [6.45, 7) is -0.0811. The molecule has 0 unspecified atom stereocenters. The van der Waals surface area contributed by atoms with Crippen LogP contribution in [-0.4, -0.2) is 47.4 Å². The molecule has 2 aromatic rings. The van der Waals surface area contributed by atoms with Gasteiger partial charge in [0.2, 0.25) is 5.91 Å². The lowest BCUT2D eigenvalue weighted by Crippen LogP contribution is -2.19. The summed E-state index contributed by atoms with van der Waals surface area (Å²) in [5, 5.41) is 27.1. The van der Waals surface area contributed by atoms with Crippen LogP contribution in [0.4, 0.5) is 5.82 Å². The molecule has 2 aromatic heterocycles. The Bertz CT molecular complexity index is 531. The van der Waals surface area contributed by atoms with Crippen LogP contribution in [0.3, 0.4) is 0 Å². The molecule has 0 bridgehead atoms. The molecule has 0 aliphatic rings. The Kier molecular flexibility index (Phi) is 2.77. The Balaban J connectivity index is 1.96. The molecule has 0 fully saturated rings. The van der Waals surface area contributed by atoms with E-state index in [2.05, 4.69) is 31.0 Å². The highest BCUT2D eigenvalue weighted by atomic mass is 16.4. The third-order valence-electron chi connectivity index (χ3n) is 1.77. The molecule has 3 N–H and O–H groups in total. The minimum absolute atomic E-state index is 0.0811. The Morgan fingerprint density at radius 3 is 2.94 bits per heavy atom. The number of hydrogen-bond acceptors (Lipinski definition) is 6. The molecular weight excluding hydrogens is 230 g/mol. The summed E-state index contributed by atoms with van der Waals surface area (Å²) in [7, 11) is 0. The van der Waals surface area contributed by atoms with E-state index < -0.39 is 11.9 Å². The molecule has 0 aliphatic heterocycles. The van der Waals surface area contributed by atoms with Gasteiger partial charge >= 0.3 is 5.97 Å². The highest BCUT2D eigenvalue weighted by Crippen LogP contribution is 2.04. The van der Waals surface area contributed by atoms with E-state index in [1.807, 2.05) is 0 Å². The van der Waals surface area contributed by atoms with Gasteiger partial charge in [-0.25, -0.2) is 9.48 Å². The number of tetrazole rings is 1. The lowest BCUT2D eigenvalue weighted by molar-refractivity contribution is -0.117. The molecule has 0 saturated carbocycles. The van der Waals surface area contributed by atoms with E-state index in [1.165, 1.54) is 17.1 Å². The first-order valence-corrected chi connectivity index (χ1v) is 4.44.